The molecule has 0 radical (unpaired) electrons. The fraction of sp³-hybridized carbons (Fsp3) is 0.308. The fourth-order valence-electron chi connectivity index (χ4n) is 1.87. The summed E-state index contributed by atoms with van der Waals surface area (Å²) < 4.78 is 8.39. The lowest BCUT2D eigenvalue weighted by atomic mass is 10.2. The van der Waals surface area contributed by atoms with Gasteiger partial charge in [-0.25, -0.2) is 0 Å². The maximum Gasteiger partial charge on any atom is 0.124 e. The molecule has 0 aliphatic carbocycles. The molecule has 18 heavy (non-hydrogen) atoms. The predicted octanol–water partition coefficient (Wildman–Crippen LogP) is 2.42. The standard InChI is InChI=1S/C13H16BrN3O/c1-15-8-12-5-6-16-17(12)9-10-7-11(14)3-4-13(10)18-2/h3-7,15H,8-9H2,1-2H3. The lowest BCUT2D eigenvalue weighted by Gasteiger charge is -2.11. The highest BCUT2D eigenvalue weighted by Crippen LogP contribution is 2.24. The first-order valence-electron chi connectivity index (χ1n) is 5.72. The van der Waals surface area contributed by atoms with E-state index in [0.717, 1.165) is 28.0 Å². The first-order chi connectivity index (χ1) is 8.74. The first-order valence-corrected chi connectivity index (χ1v) is 6.51. The Morgan fingerprint density at radius 2 is 2.22 bits per heavy atom. The Bertz CT molecular complexity index is 525. The van der Waals surface area contributed by atoms with Gasteiger partial charge in [0.05, 0.1) is 19.3 Å². The van der Waals surface area contributed by atoms with Crippen molar-refractivity contribution >= 4 is 15.9 Å². The van der Waals surface area contributed by atoms with E-state index in [0.29, 0.717) is 6.54 Å². The molecule has 2 aromatic rings. The molecule has 4 nitrogen and oxygen atoms in total. The molecule has 0 spiro atoms. The Morgan fingerprint density at radius 1 is 1.39 bits per heavy atom. The van der Waals surface area contributed by atoms with Crippen molar-refractivity contribution in [2.75, 3.05) is 14.2 Å². The van der Waals surface area contributed by atoms with Crippen LogP contribution in [0.2, 0.25) is 0 Å². The monoisotopic (exact) mass is 309 g/mol. The third-order valence-electron chi connectivity index (χ3n) is 2.72. The van der Waals surface area contributed by atoms with Crippen molar-refractivity contribution in [1.29, 1.82) is 0 Å². The van der Waals surface area contributed by atoms with Crippen LogP contribution in [0.3, 0.4) is 0 Å². The average Bonchev–Trinajstić information content (AvgIpc) is 2.78. The zero-order chi connectivity index (χ0) is 13.0. The molecule has 2 rings (SSSR count). The molecule has 5 heteroatoms. The van der Waals surface area contributed by atoms with Crippen LogP contribution in [0, 0.1) is 0 Å². The molecule has 0 aliphatic heterocycles. The van der Waals surface area contributed by atoms with Gasteiger partial charge in [0.2, 0.25) is 0 Å². The maximum absolute atomic E-state index is 5.37. The molecular formula is C13H16BrN3O. The molecule has 0 aliphatic rings. The van der Waals surface area contributed by atoms with Gasteiger partial charge < -0.3 is 10.1 Å². The van der Waals surface area contributed by atoms with E-state index < -0.39 is 0 Å². The van der Waals surface area contributed by atoms with Gasteiger partial charge in [-0.3, -0.25) is 4.68 Å². The Morgan fingerprint density at radius 3 is 2.94 bits per heavy atom. The van der Waals surface area contributed by atoms with E-state index in [1.807, 2.05) is 36.1 Å². The number of benzene rings is 1. The predicted molar refractivity (Wildman–Crippen MR) is 74.8 cm³/mol. The molecule has 1 aromatic heterocycles. The average molecular weight is 310 g/mol. The van der Waals surface area contributed by atoms with Crippen molar-refractivity contribution in [1.82, 2.24) is 15.1 Å². The van der Waals surface area contributed by atoms with Gasteiger partial charge in [0, 0.05) is 22.8 Å². The number of nitrogens with one attached hydrogen (secondary N) is 1. The molecule has 0 atom stereocenters. The molecule has 0 unspecified atom stereocenters. The van der Waals surface area contributed by atoms with E-state index >= 15 is 0 Å². The molecular weight excluding hydrogens is 294 g/mol. The summed E-state index contributed by atoms with van der Waals surface area (Å²) in [6.07, 6.45) is 1.82. The van der Waals surface area contributed by atoms with Gasteiger partial charge in [-0.05, 0) is 31.3 Å². The van der Waals surface area contributed by atoms with Crippen molar-refractivity contribution < 1.29 is 4.74 Å². The highest BCUT2D eigenvalue weighted by molar-refractivity contribution is 9.10. The van der Waals surface area contributed by atoms with Gasteiger partial charge in [0.1, 0.15) is 5.75 Å². The number of hydrogen-bond acceptors (Lipinski definition) is 3. The van der Waals surface area contributed by atoms with Crippen LogP contribution in [-0.2, 0) is 13.1 Å². The highest BCUT2D eigenvalue weighted by Gasteiger charge is 2.07. The van der Waals surface area contributed by atoms with E-state index in [2.05, 4.69) is 32.4 Å². The summed E-state index contributed by atoms with van der Waals surface area (Å²) in [5, 5.41) is 7.48. The molecule has 0 amide bonds. The van der Waals surface area contributed by atoms with Crippen LogP contribution in [0.5, 0.6) is 5.75 Å². The van der Waals surface area contributed by atoms with Crippen LogP contribution >= 0.6 is 15.9 Å². The van der Waals surface area contributed by atoms with Gasteiger partial charge in [0.15, 0.2) is 0 Å². The minimum Gasteiger partial charge on any atom is -0.496 e. The number of methoxy groups -OCH3 is 1. The Labute approximate surface area is 115 Å². The number of hydrogen-bond donors (Lipinski definition) is 1. The summed E-state index contributed by atoms with van der Waals surface area (Å²) >= 11 is 3.48. The zero-order valence-corrected chi connectivity index (χ0v) is 12.1. The fourth-order valence-corrected chi connectivity index (χ4v) is 2.27. The zero-order valence-electron chi connectivity index (χ0n) is 10.5. The molecule has 1 N–H and O–H groups in total. The van der Waals surface area contributed by atoms with Gasteiger partial charge in [-0.15, -0.1) is 0 Å². The third kappa shape index (κ3) is 2.91. The summed E-state index contributed by atoms with van der Waals surface area (Å²) in [5.74, 6) is 0.879. The Balaban J connectivity index is 2.27. The van der Waals surface area contributed by atoms with Crippen molar-refractivity contribution in [3.8, 4) is 5.75 Å². The van der Waals surface area contributed by atoms with Crippen LogP contribution in [0.25, 0.3) is 0 Å². The van der Waals surface area contributed by atoms with Gasteiger partial charge in [-0.2, -0.15) is 5.10 Å². The van der Waals surface area contributed by atoms with Gasteiger partial charge >= 0.3 is 0 Å². The van der Waals surface area contributed by atoms with E-state index in [-0.39, 0.29) is 0 Å². The number of rotatable bonds is 5. The molecule has 96 valence electrons. The van der Waals surface area contributed by atoms with E-state index in [9.17, 15) is 0 Å². The second-order valence-corrected chi connectivity index (χ2v) is 4.88. The third-order valence-corrected chi connectivity index (χ3v) is 3.22. The van der Waals surface area contributed by atoms with Crippen molar-refractivity contribution in [3.63, 3.8) is 0 Å². The quantitative estimate of drug-likeness (QED) is 0.922. The normalized spacial score (nSPS) is 10.6. The number of nitrogens with zero attached hydrogens (tertiary/aromatic N) is 2. The molecule has 1 heterocycles. The number of aromatic nitrogens is 2. The van der Waals surface area contributed by atoms with E-state index in [1.165, 1.54) is 0 Å². The topological polar surface area (TPSA) is 39.1 Å². The van der Waals surface area contributed by atoms with Crippen molar-refractivity contribution in [2.45, 2.75) is 13.1 Å². The number of halogens is 1. The number of ether oxygens (including phenoxy) is 1. The lowest BCUT2D eigenvalue weighted by Crippen LogP contribution is -2.13. The summed E-state index contributed by atoms with van der Waals surface area (Å²) in [5.41, 5.74) is 2.26. The van der Waals surface area contributed by atoms with Gasteiger partial charge in [-0.1, -0.05) is 15.9 Å². The Hall–Kier alpha value is -1.33. The second-order valence-electron chi connectivity index (χ2n) is 3.97. The SMILES string of the molecule is CNCc1ccnn1Cc1cc(Br)ccc1OC. The summed E-state index contributed by atoms with van der Waals surface area (Å²) in [6.45, 7) is 1.50. The molecule has 0 saturated heterocycles. The summed E-state index contributed by atoms with van der Waals surface area (Å²) in [4.78, 5) is 0. The molecule has 1 aromatic carbocycles. The second kappa shape index (κ2) is 6.02. The minimum atomic E-state index is 0.701. The largest absolute Gasteiger partial charge is 0.496 e. The van der Waals surface area contributed by atoms with Crippen LogP contribution in [0.4, 0.5) is 0 Å². The van der Waals surface area contributed by atoms with Gasteiger partial charge in [0.25, 0.3) is 0 Å². The molecule has 0 saturated carbocycles. The lowest BCUT2D eigenvalue weighted by molar-refractivity contribution is 0.406. The molecule has 0 fully saturated rings. The summed E-state index contributed by atoms with van der Waals surface area (Å²) in [6, 6.07) is 8.01. The Kier molecular flexibility index (Phi) is 4.38. The van der Waals surface area contributed by atoms with Crippen LogP contribution in [0.15, 0.2) is 34.9 Å². The minimum absolute atomic E-state index is 0.701. The van der Waals surface area contributed by atoms with Crippen LogP contribution in [0.1, 0.15) is 11.3 Å². The van der Waals surface area contributed by atoms with Crippen molar-refractivity contribution in [2.24, 2.45) is 0 Å². The van der Waals surface area contributed by atoms with Crippen LogP contribution in [-0.4, -0.2) is 23.9 Å². The van der Waals surface area contributed by atoms with E-state index in [4.69, 9.17) is 4.74 Å². The summed E-state index contributed by atoms with van der Waals surface area (Å²) in [7, 11) is 3.61. The maximum atomic E-state index is 5.37. The van der Waals surface area contributed by atoms with Crippen molar-refractivity contribution in [3.05, 3.63) is 46.2 Å². The first kappa shape index (κ1) is 13.1. The smallest absolute Gasteiger partial charge is 0.124 e. The van der Waals surface area contributed by atoms with Crippen LogP contribution < -0.4 is 10.1 Å². The molecule has 0 bridgehead atoms. The highest BCUT2D eigenvalue weighted by atomic mass is 79.9. The van der Waals surface area contributed by atoms with E-state index in [1.54, 1.807) is 7.11 Å².